The van der Waals surface area contributed by atoms with Gasteiger partial charge in [0.15, 0.2) is 24.0 Å². The maximum absolute atomic E-state index is 12.9. The van der Waals surface area contributed by atoms with Crippen LogP contribution in [0.25, 0.3) is 0 Å². The van der Waals surface area contributed by atoms with E-state index in [1.807, 2.05) is 0 Å². The maximum atomic E-state index is 12.9. The van der Waals surface area contributed by atoms with E-state index in [1.165, 1.54) is 116 Å². The number of hydrogen-bond acceptors (Lipinski definition) is 7. The van der Waals surface area contributed by atoms with Crippen LogP contribution < -0.4 is 0 Å². The highest BCUT2D eigenvalue weighted by Crippen LogP contribution is 2.18. The Kier molecular flexibility index (Phi) is 29.3. The summed E-state index contributed by atoms with van der Waals surface area (Å²) < 4.78 is 33.6. The molecule has 7 nitrogen and oxygen atoms in total. The number of aliphatic hydroxyl groups excluding tert-OH is 1. The Morgan fingerprint density at radius 1 is 0.488 bits per heavy atom. The van der Waals surface area contributed by atoms with Crippen LogP contribution in [0.1, 0.15) is 201 Å². The minimum Gasteiger partial charge on any atom is -0.367 e. The number of unbranched alkanes of at least 4 members (excludes halogenated alkanes) is 24. The van der Waals surface area contributed by atoms with Gasteiger partial charge in [-0.05, 0) is 19.8 Å². The Morgan fingerprint density at radius 2 is 0.744 bits per heavy atom. The quantitative estimate of drug-likeness (QED) is 0.0427. The molecular weight excluding hydrogens is 564 g/mol. The van der Waals surface area contributed by atoms with Crippen molar-refractivity contribution >= 4 is 22.0 Å². The smallest absolute Gasteiger partial charge is 0.367 e. The number of ketones is 2. The van der Waals surface area contributed by atoms with Crippen molar-refractivity contribution in [3.05, 3.63) is 0 Å². The molecule has 0 amide bonds. The molecule has 0 aromatic rings. The van der Waals surface area contributed by atoms with E-state index < -0.39 is 34.4 Å². The minimum absolute atomic E-state index is 0.0942. The highest BCUT2D eigenvalue weighted by Gasteiger charge is 2.33. The van der Waals surface area contributed by atoms with Crippen molar-refractivity contribution in [3.8, 4) is 0 Å². The molecule has 0 aliphatic carbocycles. The summed E-state index contributed by atoms with van der Waals surface area (Å²) in [7, 11) is -4.68. The van der Waals surface area contributed by atoms with Crippen LogP contribution in [-0.4, -0.2) is 37.5 Å². The van der Waals surface area contributed by atoms with Crippen molar-refractivity contribution in [2.45, 2.75) is 213 Å². The number of carbonyl (C=O) groups excluding carboxylic acids is 2. The highest BCUT2D eigenvalue weighted by molar-refractivity contribution is 7.81. The molecule has 256 valence electrons. The predicted octanol–water partition coefficient (Wildman–Crippen LogP) is 10.1. The number of carbonyl (C=O) groups is 2. The second-order valence-corrected chi connectivity index (χ2v) is 13.7. The summed E-state index contributed by atoms with van der Waals surface area (Å²) in [5, 5.41) is 9.30. The lowest BCUT2D eigenvalue weighted by Gasteiger charge is -2.16. The third kappa shape index (κ3) is 28.4. The SMILES string of the molecule is CCCCCCCCCCCCCCCC(=O)C(OS(=O)(=O)OC(C)O)C(=O)CCCCCCCCCCCCCCC. The zero-order valence-corrected chi connectivity index (χ0v) is 29.1. The van der Waals surface area contributed by atoms with Gasteiger partial charge in [-0.15, -0.1) is 0 Å². The summed E-state index contributed by atoms with van der Waals surface area (Å²) in [4.78, 5) is 25.7. The van der Waals surface area contributed by atoms with E-state index in [0.717, 1.165) is 45.4 Å². The monoisotopic (exact) mass is 632 g/mol. The zero-order valence-electron chi connectivity index (χ0n) is 28.3. The third-order valence-corrected chi connectivity index (χ3v) is 9.05. The van der Waals surface area contributed by atoms with Gasteiger partial charge in [-0.1, -0.05) is 168 Å². The second-order valence-electron chi connectivity index (χ2n) is 12.5. The Bertz CT molecular complexity index is 709. The first-order valence-electron chi connectivity index (χ1n) is 18.1. The average molecular weight is 633 g/mol. The summed E-state index contributed by atoms with van der Waals surface area (Å²) >= 11 is 0. The summed E-state index contributed by atoms with van der Waals surface area (Å²) in [6.07, 6.45) is 27.5. The van der Waals surface area contributed by atoms with Crippen LogP contribution in [0.2, 0.25) is 0 Å². The zero-order chi connectivity index (χ0) is 32.0. The van der Waals surface area contributed by atoms with Crippen molar-refractivity contribution in [1.29, 1.82) is 0 Å². The van der Waals surface area contributed by atoms with E-state index in [1.54, 1.807) is 0 Å². The number of aliphatic hydroxyl groups is 1. The summed E-state index contributed by atoms with van der Waals surface area (Å²) in [5.74, 6) is -1.05. The van der Waals surface area contributed by atoms with Gasteiger partial charge < -0.3 is 5.11 Å². The molecule has 0 rings (SSSR count). The van der Waals surface area contributed by atoms with Gasteiger partial charge in [0, 0.05) is 12.8 Å². The topological polar surface area (TPSA) is 107 Å². The van der Waals surface area contributed by atoms with Crippen LogP contribution in [0.3, 0.4) is 0 Å². The third-order valence-electron chi connectivity index (χ3n) is 8.11. The fraction of sp³-hybridized carbons (Fsp3) is 0.943. The molecule has 0 aromatic heterocycles. The van der Waals surface area contributed by atoms with Crippen LogP contribution in [0, 0.1) is 0 Å². The molecule has 0 spiro atoms. The first-order valence-corrected chi connectivity index (χ1v) is 19.4. The van der Waals surface area contributed by atoms with Crippen LogP contribution in [0.5, 0.6) is 0 Å². The summed E-state index contributed by atoms with van der Waals surface area (Å²) in [6, 6.07) is 0. The fourth-order valence-electron chi connectivity index (χ4n) is 5.49. The van der Waals surface area contributed by atoms with Crippen molar-refractivity contribution in [2.75, 3.05) is 0 Å². The first-order chi connectivity index (χ1) is 20.7. The van der Waals surface area contributed by atoms with Crippen molar-refractivity contribution in [2.24, 2.45) is 0 Å². The van der Waals surface area contributed by atoms with Gasteiger partial charge in [-0.2, -0.15) is 8.42 Å². The largest absolute Gasteiger partial charge is 0.403 e. The Balaban J connectivity index is 4.25. The lowest BCUT2D eigenvalue weighted by molar-refractivity contribution is -0.138. The van der Waals surface area contributed by atoms with Crippen molar-refractivity contribution < 1.29 is 31.5 Å². The van der Waals surface area contributed by atoms with Gasteiger partial charge in [0.25, 0.3) is 0 Å². The lowest BCUT2D eigenvalue weighted by Crippen LogP contribution is -2.36. The molecule has 1 atom stereocenters. The van der Waals surface area contributed by atoms with Gasteiger partial charge >= 0.3 is 10.4 Å². The molecule has 0 bridgehead atoms. The fourth-order valence-corrected chi connectivity index (χ4v) is 6.33. The molecule has 43 heavy (non-hydrogen) atoms. The average Bonchev–Trinajstić information content (AvgIpc) is 2.95. The van der Waals surface area contributed by atoms with Crippen molar-refractivity contribution in [3.63, 3.8) is 0 Å². The highest BCUT2D eigenvalue weighted by atomic mass is 32.3. The van der Waals surface area contributed by atoms with E-state index >= 15 is 0 Å². The molecular formula is C35H68O7S. The first kappa shape index (κ1) is 42.2. The van der Waals surface area contributed by atoms with Crippen LogP contribution in [0.4, 0.5) is 0 Å². The standard InChI is InChI=1S/C35H68O7S/c1-4-6-8-10-12-14-16-18-20-22-24-26-28-30-33(37)35(42-43(39,40)41-32(3)36)34(38)31-29-27-25-23-21-19-17-15-13-11-9-7-5-2/h32,35-36H,4-31H2,1-3H3. The van der Waals surface area contributed by atoms with Crippen LogP contribution in [0.15, 0.2) is 0 Å². The van der Waals surface area contributed by atoms with Gasteiger partial charge in [0.2, 0.25) is 0 Å². The molecule has 0 fully saturated rings. The minimum atomic E-state index is -4.68. The number of Topliss-reactive ketones (excluding diaryl/α,β-unsaturated/α-hetero) is 2. The summed E-state index contributed by atoms with van der Waals surface area (Å²) in [6.45, 7) is 5.60. The van der Waals surface area contributed by atoms with E-state index in [-0.39, 0.29) is 12.8 Å². The molecule has 1 unspecified atom stereocenters. The van der Waals surface area contributed by atoms with E-state index in [2.05, 4.69) is 18.0 Å². The second kappa shape index (κ2) is 29.9. The molecule has 0 aliphatic rings. The van der Waals surface area contributed by atoms with E-state index in [4.69, 9.17) is 4.18 Å². The molecule has 0 heterocycles. The molecule has 0 aliphatic heterocycles. The molecule has 8 heteroatoms. The Labute approximate surface area is 266 Å². The van der Waals surface area contributed by atoms with Crippen LogP contribution >= 0.6 is 0 Å². The molecule has 0 aromatic carbocycles. The molecule has 1 N–H and O–H groups in total. The number of rotatable bonds is 34. The Hall–Kier alpha value is -0.830. The van der Waals surface area contributed by atoms with Gasteiger partial charge in [0.05, 0.1) is 0 Å². The van der Waals surface area contributed by atoms with E-state index in [0.29, 0.717) is 12.8 Å². The van der Waals surface area contributed by atoms with Crippen LogP contribution in [-0.2, 0) is 28.4 Å². The Morgan fingerprint density at radius 3 is 1.00 bits per heavy atom. The van der Waals surface area contributed by atoms with Gasteiger partial charge in [-0.25, -0.2) is 8.37 Å². The summed E-state index contributed by atoms with van der Waals surface area (Å²) in [5.41, 5.74) is 0. The lowest BCUT2D eigenvalue weighted by atomic mass is 9.99. The van der Waals surface area contributed by atoms with Crippen molar-refractivity contribution in [1.82, 2.24) is 0 Å². The normalized spacial score (nSPS) is 12.7. The van der Waals surface area contributed by atoms with Gasteiger partial charge in [0.1, 0.15) is 0 Å². The number of hydrogen-bond donors (Lipinski definition) is 1. The van der Waals surface area contributed by atoms with E-state index in [9.17, 15) is 23.1 Å². The molecule has 0 radical (unpaired) electrons. The van der Waals surface area contributed by atoms with Gasteiger partial charge in [-0.3, -0.25) is 9.59 Å². The molecule has 0 saturated carbocycles. The predicted molar refractivity (Wildman–Crippen MR) is 177 cm³/mol. The maximum Gasteiger partial charge on any atom is 0.403 e. The molecule has 0 saturated heterocycles.